The monoisotopic (exact) mass is 604 g/mol. The number of pyridine rings is 1. The van der Waals surface area contributed by atoms with Gasteiger partial charge < -0.3 is 19.6 Å². The van der Waals surface area contributed by atoms with Gasteiger partial charge in [-0.05, 0) is 83.4 Å². The van der Waals surface area contributed by atoms with Crippen LogP contribution in [0.1, 0.15) is 97.0 Å². The number of aryl methyl sites for hydroxylation is 3. The summed E-state index contributed by atoms with van der Waals surface area (Å²) in [6, 6.07) is 6.05. The second-order valence-corrected chi connectivity index (χ2v) is 14.7. The first-order valence-electron chi connectivity index (χ1n) is 15.1. The number of carbonyl (C=O) groups is 2. The van der Waals surface area contributed by atoms with Crippen molar-refractivity contribution < 1.29 is 19.4 Å². The normalized spacial score (nSPS) is 17.6. The molecule has 5 rings (SSSR count). The molecule has 1 amide bonds. The molecule has 4 heterocycles. The van der Waals surface area contributed by atoms with Crippen LogP contribution in [0, 0.1) is 26.2 Å². The first kappa shape index (κ1) is 31.1. The molecule has 43 heavy (non-hydrogen) atoms. The Morgan fingerprint density at radius 3 is 2.40 bits per heavy atom. The molecule has 0 aliphatic carbocycles. The molecule has 1 fully saturated rings. The number of nitrogens with zero attached hydrogens (tertiary/aromatic N) is 4. The van der Waals surface area contributed by atoms with Crippen molar-refractivity contribution in [3.63, 3.8) is 0 Å². The van der Waals surface area contributed by atoms with E-state index in [1.54, 1.807) is 11.3 Å². The van der Waals surface area contributed by atoms with E-state index < -0.39 is 17.7 Å². The number of aromatic nitrogens is 2. The van der Waals surface area contributed by atoms with Crippen LogP contribution in [0.4, 0.5) is 5.69 Å². The molecule has 1 aromatic carbocycles. The number of hydrogen-bond donors (Lipinski definition) is 1. The molecular formula is C34H44N4O4S. The van der Waals surface area contributed by atoms with Gasteiger partial charge >= 0.3 is 5.97 Å². The Kier molecular flexibility index (Phi) is 8.44. The van der Waals surface area contributed by atoms with Gasteiger partial charge in [0.2, 0.25) is 0 Å². The summed E-state index contributed by atoms with van der Waals surface area (Å²) < 4.78 is 6.22. The quantitative estimate of drug-likeness (QED) is 0.314. The predicted octanol–water partition coefficient (Wildman–Crippen LogP) is 6.90. The number of fused-ring (bicyclic) bond motifs is 1. The molecule has 9 heteroatoms. The fourth-order valence-electron chi connectivity index (χ4n) is 6.25. The molecule has 0 spiro atoms. The number of anilines is 1. The number of benzene rings is 1. The van der Waals surface area contributed by atoms with E-state index in [1.807, 2.05) is 64.1 Å². The highest BCUT2D eigenvalue weighted by Gasteiger charge is 2.37. The summed E-state index contributed by atoms with van der Waals surface area (Å²) in [5, 5.41) is 10.5. The van der Waals surface area contributed by atoms with Gasteiger partial charge in [-0.1, -0.05) is 26.0 Å². The largest absolute Gasteiger partial charge is 0.479 e. The number of carbonyl (C=O) groups excluding carboxylic acids is 1. The summed E-state index contributed by atoms with van der Waals surface area (Å²) in [5.74, 6) is -0.997. The fraction of sp³-hybridized carbons (Fsp3) is 0.529. The van der Waals surface area contributed by atoms with Gasteiger partial charge in [0, 0.05) is 52.6 Å². The maximum atomic E-state index is 13.5. The van der Waals surface area contributed by atoms with E-state index in [-0.39, 0.29) is 11.3 Å². The predicted molar refractivity (Wildman–Crippen MR) is 171 cm³/mol. The number of rotatable bonds is 7. The van der Waals surface area contributed by atoms with Gasteiger partial charge in [0.25, 0.3) is 5.91 Å². The van der Waals surface area contributed by atoms with E-state index in [4.69, 9.17) is 9.72 Å². The Morgan fingerprint density at radius 1 is 1.09 bits per heavy atom. The van der Waals surface area contributed by atoms with Crippen molar-refractivity contribution in [3.05, 3.63) is 62.4 Å². The number of piperidine rings is 1. The smallest absolute Gasteiger partial charge is 0.337 e. The average Bonchev–Trinajstić information content (AvgIpc) is 3.32. The van der Waals surface area contributed by atoms with Gasteiger partial charge in [-0.15, -0.1) is 11.3 Å². The average molecular weight is 605 g/mol. The summed E-state index contributed by atoms with van der Waals surface area (Å²) in [7, 11) is 0. The van der Waals surface area contributed by atoms with Crippen molar-refractivity contribution in [1.29, 1.82) is 0 Å². The van der Waals surface area contributed by atoms with E-state index in [9.17, 15) is 14.7 Å². The molecule has 3 aromatic rings. The van der Waals surface area contributed by atoms with Gasteiger partial charge in [-0.2, -0.15) is 0 Å². The van der Waals surface area contributed by atoms with Crippen molar-refractivity contribution in [1.82, 2.24) is 14.9 Å². The van der Waals surface area contributed by atoms with Gasteiger partial charge in [0.15, 0.2) is 6.10 Å². The van der Waals surface area contributed by atoms with Crippen LogP contribution >= 0.6 is 11.3 Å². The van der Waals surface area contributed by atoms with Crippen LogP contribution in [0.3, 0.4) is 0 Å². The molecule has 1 atom stereocenters. The highest BCUT2D eigenvalue weighted by atomic mass is 32.1. The lowest BCUT2D eigenvalue weighted by molar-refractivity contribution is -0.160. The third kappa shape index (κ3) is 6.48. The summed E-state index contributed by atoms with van der Waals surface area (Å²) >= 11 is 1.58. The zero-order valence-corrected chi connectivity index (χ0v) is 27.5. The van der Waals surface area contributed by atoms with Gasteiger partial charge in [-0.3, -0.25) is 9.78 Å². The molecule has 230 valence electrons. The minimum absolute atomic E-state index is 0.0306. The topological polar surface area (TPSA) is 95.9 Å². The molecule has 2 aliphatic rings. The Balaban J connectivity index is 1.62. The Morgan fingerprint density at radius 2 is 1.79 bits per heavy atom. The number of amides is 1. The Hall–Kier alpha value is -3.30. The maximum Gasteiger partial charge on any atom is 0.337 e. The van der Waals surface area contributed by atoms with Gasteiger partial charge in [0.05, 0.1) is 29.0 Å². The standard InChI is InChI=1S/C34H44N4O4S/c1-20-26(43-19-35-20)18-38-14-11-23-17-24(9-10-25(23)31(38)39)27-21(2)36-22(3)28(30(32(40)41)42-33(4,5)6)29(27)37-15-12-34(7,8)13-16-37/h9-10,17,19,30H,11-16,18H2,1-8H3,(H,40,41)/t30-/m0/s1. The lowest BCUT2D eigenvalue weighted by atomic mass is 9.81. The first-order valence-corrected chi connectivity index (χ1v) is 16.0. The van der Waals surface area contributed by atoms with E-state index in [0.717, 1.165) is 76.6 Å². The van der Waals surface area contributed by atoms with Crippen LogP contribution in [-0.2, 0) is 22.5 Å². The summed E-state index contributed by atoms with van der Waals surface area (Å²) in [5.41, 5.74) is 8.95. The minimum Gasteiger partial charge on any atom is -0.479 e. The molecule has 0 bridgehead atoms. The second-order valence-electron chi connectivity index (χ2n) is 13.7. The lowest BCUT2D eigenvalue weighted by Crippen LogP contribution is -2.39. The van der Waals surface area contributed by atoms with E-state index >= 15 is 0 Å². The molecule has 8 nitrogen and oxygen atoms in total. The second kappa shape index (κ2) is 11.7. The van der Waals surface area contributed by atoms with Crippen LogP contribution in [0.5, 0.6) is 0 Å². The van der Waals surface area contributed by atoms with Gasteiger partial charge in [0.1, 0.15) is 0 Å². The third-order valence-electron chi connectivity index (χ3n) is 8.71. The van der Waals surface area contributed by atoms with Crippen LogP contribution in [0.25, 0.3) is 11.1 Å². The van der Waals surface area contributed by atoms with E-state index in [2.05, 4.69) is 29.8 Å². The van der Waals surface area contributed by atoms with Crippen molar-refractivity contribution in [2.75, 3.05) is 24.5 Å². The van der Waals surface area contributed by atoms with Crippen molar-refractivity contribution in [2.45, 2.75) is 92.9 Å². The number of ether oxygens (including phenoxy) is 1. The molecule has 2 aliphatic heterocycles. The van der Waals surface area contributed by atoms with Gasteiger partial charge in [-0.25, -0.2) is 9.78 Å². The summed E-state index contributed by atoms with van der Waals surface area (Å²) in [6.07, 6.45) is 1.58. The van der Waals surface area contributed by atoms with E-state index in [1.165, 1.54) is 0 Å². The van der Waals surface area contributed by atoms with Crippen molar-refractivity contribution in [3.8, 4) is 11.1 Å². The number of carboxylic acids is 1. The number of hydrogen-bond acceptors (Lipinski definition) is 7. The van der Waals surface area contributed by atoms with E-state index in [0.29, 0.717) is 24.3 Å². The Labute approximate surface area is 259 Å². The minimum atomic E-state index is -1.17. The molecule has 1 N–H and O–H groups in total. The van der Waals surface area contributed by atoms with Crippen LogP contribution < -0.4 is 4.90 Å². The molecule has 0 radical (unpaired) electrons. The maximum absolute atomic E-state index is 13.5. The number of carboxylic acid groups (broad SMARTS) is 1. The molecule has 0 unspecified atom stereocenters. The van der Waals surface area contributed by atoms with Crippen LogP contribution in [-0.4, -0.2) is 57.1 Å². The van der Waals surface area contributed by atoms with Crippen LogP contribution in [0.15, 0.2) is 23.7 Å². The SMILES string of the molecule is Cc1ncsc1CN1CCc2cc(-c3c(C)nc(C)c([C@H](OC(C)(C)C)C(=O)O)c3N3CCC(C)(C)CC3)ccc2C1=O. The molecular weight excluding hydrogens is 560 g/mol. The zero-order valence-electron chi connectivity index (χ0n) is 26.7. The summed E-state index contributed by atoms with van der Waals surface area (Å²) in [6.45, 7) is 18.9. The third-order valence-corrected chi connectivity index (χ3v) is 9.63. The number of thiazole rings is 1. The van der Waals surface area contributed by atoms with Crippen molar-refractivity contribution >= 4 is 28.9 Å². The number of aliphatic carboxylic acids is 1. The lowest BCUT2D eigenvalue weighted by Gasteiger charge is -2.41. The van der Waals surface area contributed by atoms with Crippen molar-refractivity contribution in [2.24, 2.45) is 5.41 Å². The molecule has 0 saturated carbocycles. The highest BCUT2D eigenvalue weighted by molar-refractivity contribution is 7.09. The summed E-state index contributed by atoms with van der Waals surface area (Å²) in [4.78, 5) is 40.9. The molecule has 1 saturated heterocycles. The zero-order chi connectivity index (χ0) is 31.3. The Bertz CT molecular complexity index is 1540. The first-order chi connectivity index (χ1) is 20.1. The highest BCUT2D eigenvalue weighted by Crippen LogP contribution is 2.45. The fourth-order valence-corrected chi connectivity index (χ4v) is 7.04. The van der Waals surface area contributed by atoms with Crippen LogP contribution in [0.2, 0.25) is 0 Å². The molecule has 2 aromatic heterocycles.